The van der Waals surface area contributed by atoms with Gasteiger partial charge in [-0.3, -0.25) is 9.48 Å². The van der Waals surface area contributed by atoms with Crippen LogP contribution in [-0.4, -0.2) is 44.3 Å². The molecule has 1 aliphatic rings. The fourth-order valence-corrected chi connectivity index (χ4v) is 2.90. The van der Waals surface area contributed by atoms with Gasteiger partial charge < -0.3 is 10.0 Å². The maximum atomic E-state index is 12.7. The number of carboxylic acids is 1. The predicted molar refractivity (Wildman–Crippen MR) is 73.5 cm³/mol. The standard InChI is InChI=1S/C14H21N3O3/c1-4-17-11(8-10(3)15-17)13(18)16-7-5-6-9(2)12(16)14(19)20/h8-9,12H,4-7H2,1-3H3,(H,19,20). The molecule has 2 unspecified atom stereocenters. The molecule has 110 valence electrons. The average Bonchev–Trinajstić information content (AvgIpc) is 2.78. The van der Waals surface area contributed by atoms with Crippen molar-refractivity contribution in [3.05, 3.63) is 17.5 Å². The number of amides is 1. The molecular weight excluding hydrogens is 258 g/mol. The molecule has 0 saturated carbocycles. The number of nitrogens with zero attached hydrogens (tertiary/aromatic N) is 3. The summed E-state index contributed by atoms with van der Waals surface area (Å²) in [6.45, 7) is 6.72. The van der Waals surface area contributed by atoms with Crippen LogP contribution in [0.15, 0.2) is 6.07 Å². The largest absolute Gasteiger partial charge is 0.480 e. The van der Waals surface area contributed by atoms with Gasteiger partial charge in [0.1, 0.15) is 11.7 Å². The van der Waals surface area contributed by atoms with Crippen molar-refractivity contribution in [2.45, 2.75) is 46.2 Å². The number of carbonyl (C=O) groups excluding carboxylic acids is 1. The molecule has 1 aliphatic heterocycles. The van der Waals surface area contributed by atoms with E-state index < -0.39 is 12.0 Å². The Balaban J connectivity index is 2.32. The van der Waals surface area contributed by atoms with Crippen molar-refractivity contribution in [3.63, 3.8) is 0 Å². The zero-order valence-electron chi connectivity index (χ0n) is 12.2. The van der Waals surface area contributed by atoms with Crippen molar-refractivity contribution < 1.29 is 14.7 Å². The molecule has 0 aliphatic carbocycles. The lowest BCUT2D eigenvalue weighted by Crippen LogP contribution is -2.52. The maximum absolute atomic E-state index is 12.7. The highest BCUT2D eigenvalue weighted by molar-refractivity contribution is 5.95. The zero-order chi connectivity index (χ0) is 14.9. The summed E-state index contributed by atoms with van der Waals surface area (Å²) >= 11 is 0. The average molecular weight is 279 g/mol. The Labute approximate surface area is 118 Å². The molecule has 1 saturated heterocycles. The van der Waals surface area contributed by atoms with Crippen molar-refractivity contribution in [2.24, 2.45) is 5.92 Å². The van der Waals surface area contributed by atoms with Gasteiger partial charge in [0.25, 0.3) is 5.91 Å². The Bertz CT molecular complexity index is 524. The number of hydrogen-bond acceptors (Lipinski definition) is 3. The molecule has 0 bridgehead atoms. The molecule has 0 radical (unpaired) electrons. The summed E-state index contributed by atoms with van der Waals surface area (Å²) in [5.41, 5.74) is 1.25. The van der Waals surface area contributed by atoms with Crippen LogP contribution in [-0.2, 0) is 11.3 Å². The highest BCUT2D eigenvalue weighted by atomic mass is 16.4. The number of carboxylic acid groups (broad SMARTS) is 1. The lowest BCUT2D eigenvalue weighted by atomic mass is 9.90. The van der Waals surface area contributed by atoms with E-state index >= 15 is 0 Å². The minimum Gasteiger partial charge on any atom is -0.480 e. The van der Waals surface area contributed by atoms with E-state index in [-0.39, 0.29) is 11.8 Å². The Kier molecular flexibility index (Phi) is 4.11. The molecule has 20 heavy (non-hydrogen) atoms. The number of carbonyl (C=O) groups is 2. The lowest BCUT2D eigenvalue weighted by Gasteiger charge is -2.37. The van der Waals surface area contributed by atoms with Gasteiger partial charge in [0.15, 0.2) is 0 Å². The van der Waals surface area contributed by atoms with E-state index in [0.29, 0.717) is 18.8 Å². The van der Waals surface area contributed by atoms with Crippen molar-refractivity contribution in [1.29, 1.82) is 0 Å². The summed E-state index contributed by atoms with van der Waals surface area (Å²) in [4.78, 5) is 25.6. The number of hydrogen-bond donors (Lipinski definition) is 1. The summed E-state index contributed by atoms with van der Waals surface area (Å²) in [7, 11) is 0. The van der Waals surface area contributed by atoms with E-state index in [1.54, 1.807) is 10.7 Å². The Morgan fingerprint density at radius 3 is 2.80 bits per heavy atom. The molecule has 6 nitrogen and oxygen atoms in total. The first-order chi connectivity index (χ1) is 9.45. The number of aromatic nitrogens is 2. The van der Waals surface area contributed by atoms with Crippen LogP contribution < -0.4 is 0 Å². The van der Waals surface area contributed by atoms with Crippen LogP contribution in [0.5, 0.6) is 0 Å². The van der Waals surface area contributed by atoms with E-state index in [4.69, 9.17) is 0 Å². The first kappa shape index (κ1) is 14.6. The summed E-state index contributed by atoms with van der Waals surface area (Å²) in [6.07, 6.45) is 1.68. The maximum Gasteiger partial charge on any atom is 0.326 e. The molecule has 1 aromatic heterocycles. The molecule has 0 aromatic carbocycles. The van der Waals surface area contributed by atoms with Crippen molar-refractivity contribution >= 4 is 11.9 Å². The third-order valence-corrected chi connectivity index (χ3v) is 3.87. The number of rotatable bonds is 3. The summed E-state index contributed by atoms with van der Waals surface area (Å²) < 4.78 is 1.63. The third-order valence-electron chi connectivity index (χ3n) is 3.87. The van der Waals surface area contributed by atoms with E-state index in [2.05, 4.69) is 5.10 Å². The third kappa shape index (κ3) is 2.55. The van der Waals surface area contributed by atoms with Crippen molar-refractivity contribution in [2.75, 3.05) is 6.54 Å². The van der Waals surface area contributed by atoms with E-state index in [0.717, 1.165) is 18.5 Å². The van der Waals surface area contributed by atoms with Gasteiger partial charge in [-0.2, -0.15) is 5.10 Å². The highest BCUT2D eigenvalue weighted by Gasteiger charge is 2.38. The smallest absolute Gasteiger partial charge is 0.326 e. The van der Waals surface area contributed by atoms with Gasteiger partial charge in [0.2, 0.25) is 0 Å². The zero-order valence-corrected chi connectivity index (χ0v) is 12.2. The second-order valence-corrected chi connectivity index (χ2v) is 5.39. The summed E-state index contributed by atoms with van der Waals surface area (Å²) in [6, 6.07) is 0.987. The monoisotopic (exact) mass is 279 g/mol. The predicted octanol–water partition coefficient (Wildman–Crippen LogP) is 1.54. The molecule has 2 rings (SSSR count). The quantitative estimate of drug-likeness (QED) is 0.910. The van der Waals surface area contributed by atoms with Gasteiger partial charge in [0.05, 0.1) is 5.69 Å². The first-order valence-electron chi connectivity index (χ1n) is 7.04. The molecule has 1 fully saturated rings. The van der Waals surface area contributed by atoms with Crippen LogP contribution in [0.2, 0.25) is 0 Å². The SMILES string of the molecule is CCn1nc(C)cc1C(=O)N1CCCC(C)C1C(=O)O. The van der Waals surface area contributed by atoms with Gasteiger partial charge in [0, 0.05) is 13.1 Å². The van der Waals surface area contributed by atoms with Crippen LogP contribution in [0.25, 0.3) is 0 Å². The Hall–Kier alpha value is -1.85. The van der Waals surface area contributed by atoms with E-state index in [9.17, 15) is 14.7 Å². The van der Waals surface area contributed by atoms with Crippen LogP contribution in [0.4, 0.5) is 0 Å². The molecule has 1 N–H and O–H groups in total. The lowest BCUT2D eigenvalue weighted by molar-refractivity contribution is -0.145. The molecular formula is C14H21N3O3. The fraction of sp³-hybridized carbons (Fsp3) is 0.643. The number of piperidine rings is 1. The molecule has 2 heterocycles. The van der Waals surface area contributed by atoms with Crippen molar-refractivity contribution in [3.8, 4) is 0 Å². The second kappa shape index (κ2) is 5.64. The van der Waals surface area contributed by atoms with Crippen LogP contribution in [0.1, 0.15) is 42.9 Å². The number of aryl methyl sites for hydroxylation is 2. The van der Waals surface area contributed by atoms with Crippen molar-refractivity contribution in [1.82, 2.24) is 14.7 Å². The minimum atomic E-state index is -0.926. The number of likely N-dealkylation sites (tertiary alicyclic amines) is 1. The first-order valence-corrected chi connectivity index (χ1v) is 7.04. The Morgan fingerprint density at radius 2 is 2.20 bits per heavy atom. The topological polar surface area (TPSA) is 75.4 Å². The van der Waals surface area contributed by atoms with Gasteiger partial charge in [-0.1, -0.05) is 6.92 Å². The second-order valence-electron chi connectivity index (χ2n) is 5.39. The van der Waals surface area contributed by atoms with E-state index in [1.807, 2.05) is 20.8 Å². The molecule has 0 spiro atoms. The molecule has 6 heteroatoms. The van der Waals surface area contributed by atoms with Gasteiger partial charge in [-0.05, 0) is 38.7 Å². The summed E-state index contributed by atoms with van der Waals surface area (Å²) in [5, 5.41) is 13.6. The molecule has 2 atom stereocenters. The normalized spacial score (nSPS) is 22.9. The number of aliphatic carboxylic acids is 1. The van der Waals surface area contributed by atoms with Gasteiger partial charge >= 0.3 is 5.97 Å². The van der Waals surface area contributed by atoms with Crippen LogP contribution in [0, 0.1) is 12.8 Å². The van der Waals surface area contributed by atoms with Crippen LogP contribution >= 0.6 is 0 Å². The van der Waals surface area contributed by atoms with E-state index in [1.165, 1.54) is 4.90 Å². The van der Waals surface area contributed by atoms with Gasteiger partial charge in [-0.15, -0.1) is 0 Å². The molecule has 1 aromatic rings. The van der Waals surface area contributed by atoms with Gasteiger partial charge in [-0.25, -0.2) is 4.79 Å². The van der Waals surface area contributed by atoms with Crippen LogP contribution in [0.3, 0.4) is 0 Å². The highest BCUT2D eigenvalue weighted by Crippen LogP contribution is 2.25. The Morgan fingerprint density at radius 1 is 1.50 bits per heavy atom. The summed E-state index contributed by atoms with van der Waals surface area (Å²) in [5.74, 6) is -1.18. The fourth-order valence-electron chi connectivity index (χ4n) is 2.90. The molecule has 1 amide bonds. The minimum absolute atomic E-state index is 0.0238.